The van der Waals surface area contributed by atoms with Gasteiger partial charge in [-0.1, -0.05) is 34.6 Å². The molecular formula is C16H32N2O2. The average molecular weight is 284 g/mol. The summed E-state index contributed by atoms with van der Waals surface area (Å²) in [4.78, 5) is 12.0. The van der Waals surface area contributed by atoms with Gasteiger partial charge in [-0.3, -0.25) is 0 Å². The average Bonchev–Trinajstić information content (AvgIpc) is 2.30. The van der Waals surface area contributed by atoms with Crippen LogP contribution in [0, 0.1) is 16.7 Å². The molecule has 0 saturated heterocycles. The van der Waals surface area contributed by atoms with Crippen LogP contribution in [0.15, 0.2) is 0 Å². The summed E-state index contributed by atoms with van der Waals surface area (Å²) in [5.41, 5.74) is 0.337. The van der Waals surface area contributed by atoms with Crippen LogP contribution < -0.4 is 10.6 Å². The van der Waals surface area contributed by atoms with Gasteiger partial charge < -0.3 is 15.7 Å². The molecular weight excluding hydrogens is 252 g/mol. The maximum Gasteiger partial charge on any atom is 0.315 e. The zero-order valence-corrected chi connectivity index (χ0v) is 13.8. The van der Waals surface area contributed by atoms with Crippen LogP contribution in [0.1, 0.15) is 60.3 Å². The number of rotatable bonds is 5. The van der Waals surface area contributed by atoms with Crippen molar-refractivity contribution in [2.75, 3.05) is 13.2 Å². The van der Waals surface area contributed by atoms with E-state index >= 15 is 0 Å². The summed E-state index contributed by atoms with van der Waals surface area (Å²) in [7, 11) is 0. The van der Waals surface area contributed by atoms with Crippen molar-refractivity contribution >= 4 is 6.03 Å². The molecule has 1 aliphatic rings. The number of carbonyl (C=O) groups is 1. The summed E-state index contributed by atoms with van der Waals surface area (Å²) in [5, 5.41) is 15.0. The van der Waals surface area contributed by atoms with Gasteiger partial charge in [0.05, 0.1) is 0 Å². The molecule has 0 bridgehead atoms. The lowest BCUT2D eigenvalue weighted by Crippen LogP contribution is -2.49. The Morgan fingerprint density at radius 2 is 2.05 bits per heavy atom. The second-order valence-corrected chi connectivity index (χ2v) is 7.96. The van der Waals surface area contributed by atoms with E-state index in [1.165, 1.54) is 0 Å². The highest BCUT2D eigenvalue weighted by atomic mass is 16.3. The normalized spacial score (nSPS) is 26.1. The van der Waals surface area contributed by atoms with Crippen LogP contribution in [-0.2, 0) is 0 Å². The fourth-order valence-corrected chi connectivity index (χ4v) is 3.09. The molecule has 0 aromatic rings. The maximum absolute atomic E-state index is 12.0. The smallest absolute Gasteiger partial charge is 0.315 e. The Balaban J connectivity index is 2.36. The van der Waals surface area contributed by atoms with Crippen LogP contribution in [0.2, 0.25) is 0 Å². The molecule has 1 rings (SSSR count). The Morgan fingerprint density at radius 3 is 2.60 bits per heavy atom. The molecule has 0 aliphatic heterocycles. The van der Waals surface area contributed by atoms with Gasteiger partial charge in [0.1, 0.15) is 0 Å². The van der Waals surface area contributed by atoms with E-state index in [0.29, 0.717) is 24.3 Å². The molecule has 4 nitrogen and oxygen atoms in total. The number of carbonyl (C=O) groups excluding carboxylic acids is 1. The van der Waals surface area contributed by atoms with Crippen molar-refractivity contribution in [3.63, 3.8) is 0 Å². The van der Waals surface area contributed by atoms with Crippen LogP contribution >= 0.6 is 0 Å². The van der Waals surface area contributed by atoms with Gasteiger partial charge in [-0.15, -0.1) is 0 Å². The third-order valence-corrected chi connectivity index (χ3v) is 4.53. The van der Waals surface area contributed by atoms with E-state index < -0.39 is 0 Å². The number of urea groups is 1. The maximum atomic E-state index is 12.0. The van der Waals surface area contributed by atoms with E-state index in [2.05, 4.69) is 45.3 Å². The van der Waals surface area contributed by atoms with Crippen molar-refractivity contribution < 1.29 is 9.90 Å². The van der Waals surface area contributed by atoms with Gasteiger partial charge in [0.15, 0.2) is 0 Å². The molecule has 118 valence electrons. The van der Waals surface area contributed by atoms with Crippen LogP contribution in [0.25, 0.3) is 0 Å². The first kappa shape index (κ1) is 17.3. The van der Waals surface area contributed by atoms with Crippen molar-refractivity contribution in [3.8, 4) is 0 Å². The summed E-state index contributed by atoms with van der Waals surface area (Å²) < 4.78 is 0. The molecule has 0 heterocycles. The van der Waals surface area contributed by atoms with E-state index in [9.17, 15) is 4.79 Å². The highest BCUT2D eigenvalue weighted by Crippen LogP contribution is 2.38. The van der Waals surface area contributed by atoms with Gasteiger partial charge in [0.25, 0.3) is 0 Å². The predicted octanol–water partition coefficient (Wildman–Crippen LogP) is 2.91. The molecule has 20 heavy (non-hydrogen) atoms. The van der Waals surface area contributed by atoms with Crippen molar-refractivity contribution in [2.24, 2.45) is 16.7 Å². The summed E-state index contributed by atoms with van der Waals surface area (Å²) in [6.07, 6.45) is 4.08. The first-order valence-electron chi connectivity index (χ1n) is 7.80. The number of nitrogens with one attached hydrogen (secondary N) is 2. The standard InChI is InChI=1S/C16H32N2O2/c1-12-10-15(2,3)7-6-13(12)18-14(20)17-11-16(4,5)8-9-19/h12-13,19H,6-11H2,1-5H3,(H2,17,18,20). The van der Waals surface area contributed by atoms with E-state index in [1.807, 2.05) is 0 Å². The Hall–Kier alpha value is -0.770. The number of hydrogen-bond donors (Lipinski definition) is 3. The van der Waals surface area contributed by atoms with E-state index in [-0.39, 0.29) is 24.1 Å². The van der Waals surface area contributed by atoms with Gasteiger partial charge in [-0.05, 0) is 42.4 Å². The summed E-state index contributed by atoms with van der Waals surface area (Å²) in [6, 6.07) is 0.205. The van der Waals surface area contributed by atoms with E-state index in [4.69, 9.17) is 5.11 Å². The molecule has 2 unspecified atom stereocenters. The number of hydrogen-bond acceptors (Lipinski definition) is 2. The fourth-order valence-electron chi connectivity index (χ4n) is 3.09. The molecule has 0 spiro atoms. The largest absolute Gasteiger partial charge is 0.396 e. The first-order chi connectivity index (χ1) is 9.15. The molecule has 1 fully saturated rings. The highest BCUT2D eigenvalue weighted by molar-refractivity contribution is 5.74. The minimum absolute atomic E-state index is 0.0632. The lowest BCUT2D eigenvalue weighted by atomic mass is 9.70. The minimum atomic E-state index is -0.0763. The van der Waals surface area contributed by atoms with Crippen molar-refractivity contribution in [1.82, 2.24) is 10.6 Å². The second-order valence-electron chi connectivity index (χ2n) is 7.96. The molecule has 4 heteroatoms. The number of amides is 2. The SMILES string of the molecule is CC1CC(C)(C)CCC1NC(=O)NCC(C)(C)CCO. The quantitative estimate of drug-likeness (QED) is 0.727. The van der Waals surface area contributed by atoms with Crippen molar-refractivity contribution in [3.05, 3.63) is 0 Å². The Bertz CT molecular complexity index is 326. The Morgan fingerprint density at radius 1 is 1.40 bits per heavy atom. The number of aliphatic hydroxyl groups is 1. The van der Waals surface area contributed by atoms with Crippen LogP contribution in [0.4, 0.5) is 4.79 Å². The molecule has 0 aromatic heterocycles. The fraction of sp³-hybridized carbons (Fsp3) is 0.938. The third kappa shape index (κ3) is 5.70. The highest BCUT2D eigenvalue weighted by Gasteiger charge is 2.33. The van der Waals surface area contributed by atoms with Crippen LogP contribution in [0.5, 0.6) is 0 Å². The second kappa shape index (κ2) is 6.79. The van der Waals surface area contributed by atoms with Gasteiger partial charge in [0, 0.05) is 19.2 Å². The molecule has 0 radical (unpaired) electrons. The van der Waals surface area contributed by atoms with E-state index in [1.54, 1.807) is 0 Å². The molecule has 0 aromatic carbocycles. The van der Waals surface area contributed by atoms with Crippen molar-refractivity contribution in [2.45, 2.75) is 66.3 Å². The minimum Gasteiger partial charge on any atom is -0.396 e. The first-order valence-corrected chi connectivity index (χ1v) is 7.80. The topological polar surface area (TPSA) is 61.4 Å². The Kier molecular flexibility index (Phi) is 5.87. The van der Waals surface area contributed by atoms with Gasteiger partial charge in [-0.2, -0.15) is 0 Å². The van der Waals surface area contributed by atoms with Gasteiger partial charge >= 0.3 is 6.03 Å². The lowest BCUT2D eigenvalue weighted by molar-refractivity contribution is 0.148. The molecule has 1 aliphatic carbocycles. The van der Waals surface area contributed by atoms with Gasteiger partial charge in [-0.25, -0.2) is 4.79 Å². The van der Waals surface area contributed by atoms with Crippen molar-refractivity contribution in [1.29, 1.82) is 0 Å². The molecule has 2 atom stereocenters. The third-order valence-electron chi connectivity index (χ3n) is 4.53. The molecule has 2 amide bonds. The summed E-state index contributed by atoms with van der Waals surface area (Å²) in [5.74, 6) is 0.523. The van der Waals surface area contributed by atoms with E-state index in [0.717, 1.165) is 19.3 Å². The van der Waals surface area contributed by atoms with Crippen LogP contribution in [-0.4, -0.2) is 30.3 Å². The van der Waals surface area contributed by atoms with Gasteiger partial charge in [0.2, 0.25) is 0 Å². The molecule has 3 N–H and O–H groups in total. The lowest BCUT2D eigenvalue weighted by Gasteiger charge is -2.39. The monoisotopic (exact) mass is 284 g/mol. The summed E-state index contributed by atoms with van der Waals surface area (Å²) in [6.45, 7) is 11.7. The summed E-state index contributed by atoms with van der Waals surface area (Å²) >= 11 is 0. The Labute approximate surface area is 123 Å². The zero-order chi connectivity index (χ0) is 15.4. The number of aliphatic hydroxyl groups excluding tert-OH is 1. The van der Waals surface area contributed by atoms with Crippen LogP contribution in [0.3, 0.4) is 0 Å². The molecule has 1 saturated carbocycles. The predicted molar refractivity (Wildman–Crippen MR) is 82.6 cm³/mol. The zero-order valence-electron chi connectivity index (χ0n) is 13.8.